The van der Waals surface area contributed by atoms with Crippen molar-refractivity contribution in [1.29, 1.82) is 0 Å². The Bertz CT molecular complexity index is 378. The largest absolute Gasteiger partial charge is 0.493 e. The van der Waals surface area contributed by atoms with E-state index in [2.05, 4.69) is 0 Å². The highest BCUT2D eigenvalue weighted by Gasteiger charge is 2.05. The lowest BCUT2D eigenvalue weighted by molar-refractivity contribution is 0.0799. The second-order valence-electron chi connectivity index (χ2n) is 3.84. The second kappa shape index (κ2) is 9.35. The van der Waals surface area contributed by atoms with Gasteiger partial charge in [-0.3, -0.25) is 4.79 Å². The van der Waals surface area contributed by atoms with E-state index in [1.165, 1.54) is 0 Å². The van der Waals surface area contributed by atoms with Gasteiger partial charge in [0.25, 0.3) is 0 Å². The molecular formula is C14H20O5. The van der Waals surface area contributed by atoms with E-state index < -0.39 is 0 Å². The van der Waals surface area contributed by atoms with Crippen LogP contribution in [0.25, 0.3) is 0 Å². The van der Waals surface area contributed by atoms with Crippen molar-refractivity contribution >= 4 is 6.29 Å². The topological polar surface area (TPSA) is 54.0 Å². The molecule has 5 nitrogen and oxygen atoms in total. The van der Waals surface area contributed by atoms with Crippen LogP contribution < -0.4 is 9.47 Å². The fraction of sp³-hybridized carbons (Fsp3) is 0.500. The Kier molecular flexibility index (Phi) is 7.62. The first-order chi connectivity index (χ1) is 9.31. The van der Waals surface area contributed by atoms with Crippen LogP contribution in [0.3, 0.4) is 0 Å². The highest BCUT2D eigenvalue weighted by atomic mass is 16.5. The molecule has 5 heteroatoms. The number of aldehydes is 1. The lowest BCUT2D eigenvalue weighted by atomic mass is 10.2. The summed E-state index contributed by atoms with van der Waals surface area (Å²) >= 11 is 0. The average molecular weight is 268 g/mol. The number of carbonyl (C=O) groups excluding carboxylic acids is 1. The normalized spacial score (nSPS) is 10.2. The van der Waals surface area contributed by atoms with Gasteiger partial charge in [-0.25, -0.2) is 0 Å². The third kappa shape index (κ3) is 5.72. The van der Waals surface area contributed by atoms with Crippen molar-refractivity contribution < 1.29 is 23.7 Å². The smallest absolute Gasteiger partial charge is 0.161 e. The van der Waals surface area contributed by atoms with Crippen molar-refractivity contribution in [3.05, 3.63) is 23.8 Å². The van der Waals surface area contributed by atoms with Gasteiger partial charge < -0.3 is 18.9 Å². The number of hydrogen-bond acceptors (Lipinski definition) is 5. The Hall–Kier alpha value is -1.59. The second-order valence-corrected chi connectivity index (χ2v) is 3.84. The minimum absolute atomic E-state index is 0.408. The summed E-state index contributed by atoms with van der Waals surface area (Å²) in [6, 6.07) is 5.04. The minimum atomic E-state index is 0.408. The fourth-order valence-electron chi connectivity index (χ4n) is 1.50. The molecule has 0 aliphatic rings. The first-order valence-electron chi connectivity index (χ1n) is 6.14. The van der Waals surface area contributed by atoms with Crippen molar-refractivity contribution in [2.75, 3.05) is 40.6 Å². The van der Waals surface area contributed by atoms with E-state index in [0.717, 1.165) is 12.7 Å². The molecule has 0 N–H and O–H groups in total. The molecule has 0 amide bonds. The molecule has 0 unspecified atom stereocenters. The number of hydrogen-bond donors (Lipinski definition) is 0. The quantitative estimate of drug-likeness (QED) is 0.479. The van der Waals surface area contributed by atoms with Crippen LogP contribution in [0.5, 0.6) is 11.5 Å². The van der Waals surface area contributed by atoms with Crippen molar-refractivity contribution in [2.45, 2.75) is 6.42 Å². The van der Waals surface area contributed by atoms with Gasteiger partial charge >= 0.3 is 0 Å². The molecule has 19 heavy (non-hydrogen) atoms. The Morgan fingerprint density at radius 1 is 1.05 bits per heavy atom. The van der Waals surface area contributed by atoms with Gasteiger partial charge in [-0.2, -0.15) is 0 Å². The molecule has 0 aliphatic heterocycles. The van der Waals surface area contributed by atoms with E-state index in [1.54, 1.807) is 32.4 Å². The summed E-state index contributed by atoms with van der Waals surface area (Å²) in [5.41, 5.74) is 0.553. The molecule has 0 saturated heterocycles. The zero-order valence-electron chi connectivity index (χ0n) is 11.4. The summed E-state index contributed by atoms with van der Waals surface area (Å²) in [6.07, 6.45) is 1.63. The Morgan fingerprint density at radius 2 is 1.89 bits per heavy atom. The van der Waals surface area contributed by atoms with Crippen LogP contribution in [0.4, 0.5) is 0 Å². The monoisotopic (exact) mass is 268 g/mol. The highest BCUT2D eigenvalue weighted by molar-refractivity contribution is 5.76. The van der Waals surface area contributed by atoms with Crippen LogP contribution in [0.15, 0.2) is 18.2 Å². The molecule has 1 aromatic rings. The lowest BCUT2D eigenvalue weighted by Crippen LogP contribution is -2.09. The van der Waals surface area contributed by atoms with E-state index in [0.29, 0.717) is 43.5 Å². The highest BCUT2D eigenvalue weighted by Crippen LogP contribution is 2.27. The summed E-state index contributed by atoms with van der Waals surface area (Å²) in [5.74, 6) is 1.15. The number of ether oxygens (including phenoxy) is 4. The van der Waals surface area contributed by atoms with Crippen LogP contribution in [0.2, 0.25) is 0 Å². The molecule has 0 radical (unpaired) electrons. The molecule has 0 fully saturated rings. The van der Waals surface area contributed by atoms with E-state index in [4.69, 9.17) is 18.9 Å². The standard InChI is InChI=1S/C14H20O5/c1-16-6-3-7-18-8-9-19-14-10-12(11-15)4-5-13(14)17-2/h4-5,10-11H,3,6-9H2,1-2H3. The molecule has 1 rings (SSSR count). The predicted molar refractivity (Wildman–Crippen MR) is 71.2 cm³/mol. The molecular weight excluding hydrogens is 248 g/mol. The first-order valence-corrected chi connectivity index (χ1v) is 6.14. The molecule has 106 valence electrons. The van der Waals surface area contributed by atoms with Crippen LogP contribution >= 0.6 is 0 Å². The molecule has 0 bridgehead atoms. The maximum absolute atomic E-state index is 10.7. The predicted octanol–water partition coefficient (Wildman–Crippen LogP) is 1.94. The van der Waals surface area contributed by atoms with Crippen LogP contribution in [-0.4, -0.2) is 46.9 Å². The van der Waals surface area contributed by atoms with Crippen LogP contribution in [-0.2, 0) is 9.47 Å². The van der Waals surface area contributed by atoms with Crippen molar-refractivity contribution in [3.8, 4) is 11.5 Å². The SMILES string of the molecule is COCCCOCCOc1cc(C=O)ccc1OC. The molecule has 0 heterocycles. The van der Waals surface area contributed by atoms with Crippen LogP contribution in [0, 0.1) is 0 Å². The van der Waals surface area contributed by atoms with Crippen molar-refractivity contribution in [3.63, 3.8) is 0 Å². The third-order valence-corrected chi connectivity index (χ3v) is 2.45. The number of benzene rings is 1. The van der Waals surface area contributed by atoms with E-state index in [9.17, 15) is 4.79 Å². The van der Waals surface area contributed by atoms with E-state index in [-0.39, 0.29) is 0 Å². The number of carbonyl (C=O) groups is 1. The Labute approximate surface area is 113 Å². The molecule has 0 aliphatic carbocycles. The van der Waals surface area contributed by atoms with Gasteiger partial charge in [0.05, 0.1) is 13.7 Å². The number of rotatable bonds is 10. The van der Waals surface area contributed by atoms with E-state index >= 15 is 0 Å². The molecule has 0 spiro atoms. The van der Waals surface area contributed by atoms with Gasteiger partial charge in [0.15, 0.2) is 11.5 Å². The molecule has 0 saturated carbocycles. The van der Waals surface area contributed by atoms with Gasteiger partial charge in [-0.15, -0.1) is 0 Å². The van der Waals surface area contributed by atoms with Gasteiger partial charge in [-0.1, -0.05) is 0 Å². The zero-order valence-corrected chi connectivity index (χ0v) is 11.4. The average Bonchev–Trinajstić information content (AvgIpc) is 2.46. The molecule has 0 aromatic heterocycles. The summed E-state index contributed by atoms with van der Waals surface area (Å²) in [7, 11) is 3.22. The summed E-state index contributed by atoms with van der Waals surface area (Å²) in [6.45, 7) is 2.22. The van der Waals surface area contributed by atoms with Gasteiger partial charge in [0.2, 0.25) is 0 Å². The van der Waals surface area contributed by atoms with Crippen molar-refractivity contribution in [1.82, 2.24) is 0 Å². The maximum Gasteiger partial charge on any atom is 0.161 e. The van der Waals surface area contributed by atoms with Gasteiger partial charge in [0, 0.05) is 25.9 Å². The summed E-state index contributed by atoms with van der Waals surface area (Å²) < 4.78 is 21.0. The van der Waals surface area contributed by atoms with Gasteiger partial charge in [-0.05, 0) is 24.6 Å². The lowest BCUT2D eigenvalue weighted by Gasteiger charge is -2.11. The Balaban J connectivity index is 2.33. The fourth-order valence-corrected chi connectivity index (χ4v) is 1.50. The zero-order chi connectivity index (χ0) is 13.9. The maximum atomic E-state index is 10.7. The summed E-state index contributed by atoms with van der Waals surface area (Å²) in [5, 5.41) is 0. The molecule has 0 atom stereocenters. The van der Waals surface area contributed by atoms with E-state index in [1.807, 2.05) is 0 Å². The summed E-state index contributed by atoms with van der Waals surface area (Å²) in [4.78, 5) is 10.7. The Morgan fingerprint density at radius 3 is 2.58 bits per heavy atom. The third-order valence-electron chi connectivity index (χ3n) is 2.45. The van der Waals surface area contributed by atoms with Crippen LogP contribution in [0.1, 0.15) is 16.8 Å². The van der Waals surface area contributed by atoms with Gasteiger partial charge in [0.1, 0.15) is 12.9 Å². The molecule has 1 aromatic carbocycles. The first kappa shape index (κ1) is 15.5. The minimum Gasteiger partial charge on any atom is -0.493 e. The number of methoxy groups -OCH3 is 2. The van der Waals surface area contributed by atoms with Crippen molar-refractivity contribution in [2.24, 2.45) is 0 Å².